The molecule has 3 aromatic rings. The average molecular weight is 440 g/mol. The molecular weight excluding hydrogens is 426 g/mol. The minimum absolute atomic E-state index is 0.133. The van der Waals surface area contributed by atoms with Gasteiger partial charge in [0.2, 0.25) is 0 Å². The molecule has 0 aliphatic carbocycles. The van der Waals surface area contributed by atoms with E-state index in [0.717, 1.165) is 40.2 Å². The van der Waals surface area contributed by atoms with E-state index in [9.17, 15) is 23.2 Å². The Morgan fingerprint density at radius 3 is 2.55 bits per heavy atom. The molecule has 1 aliphatic rings. The van der Waals surface area contributed by atoms with Crippen LogP contribution in [0.1, 0.15) is 5.56 Å². The van der Waals surface area contributed by atoms with E-state index in [1.165, 1.54) is 0 Å². The summed E-state index contributed by atoms with van der Waals surface area (Å²) in [7, 11) is 0. The summed E-state index contributed by atoms with van der Waals surface area (Å²) in [6.45, 7) is -0.354. The van der Waals surface area contributed by atoms with E-state index in [0.29, 0.717) is 16.7 Å². The van der Waals surface area contributed by atoms with Gasteiger partial charge in [0.15, 0.2) is 6.61 Å². The first-order valence-electron chi connectivity index (χ1n) is 9.04. The number of carbonyl (C=O) groups is 3. The molecule has 0 spiro atoms. The van der Waals surface area contributed by atoms with E-state index in [-0.39, 0.29) is 12.3 Å². The highest BCUT2D eigenvalue weighted by Crippen LogP contribution is 2.28. The summed E-state index contributed by atoms with van der Waals surface area (Å²) in [5.41, 5.74) is 0.625. The van der Waals surface area contributed by atoms with Crippen molar-refractivity contribution in [3.05, 3.63) is 76.7 Å². The van der Waals surface area contributed by atoms with Crippen LogP contribution in [0.25, 0.3) is 16.8 Å². The lowest BCUT2D eigenvalue weighted by molar-refractivity contribution is -0.118. The second-order valence-corrected chi connectivity index (χ2v) is 7.60. The number of amides is 3. The number of halogens is 2. The van der Waals surface area contributed by atoms with E-state index in [4.69, 9.17) is 4.74 Å². The average Bonchev–Trinajstić information content (AvgIpc) is 3.05. The molecule has 4 rings (SSSR count). The van der Waals surface area contributed by atoms with Crippen molar-refractivity contribution in [2.75, 3.05) is 11.9 Å². The summed E-state index contributed by atoms with van der Waals surface area (Å²) in [4.78, 5) is 35.2. The lowest BCUT2D eigenvalue weighted by Gasteiger charge is -2.09. The summed E-state index contributed by atoms with van der Waals surface area (Å²) in [5, 5.41) is 5.84. The third-order valence-electron chi connectivity index (χ3n) is 4.35. The largest absolute Gasteiger partial charge is 0.484 e. The molecule has 1 fully saturated rings. The Balaban J connectivity index is 1.42. The zero-order chi connectivity index (χ0) is 22.0. The Bertz CT molecular complexity index is 1260. The molecule has 2 N–H and O–H groups in total. The molecule has 3 aromatic carbocycles. The lowest BCUT2D eigenvalue weighted by Crippen LogP contribution is -2.20. The van der Waals surface area contributed by atoms with Crippen LogP contribution >= 0.6 is 11.8 Å². The Morgan fingerprint density at radius 1 is 1.03 bits per heavy atom. The minimum Gasteiger partial charge on any atom is -0.484 e. The number of ether oxygens (including phenoxy) is 1. The van der Waals surface area contributed by atoms with Gasteiger partial charge in [-0.05, 0) is 64.5 Å². The van der Waals surface area contributed by atoms with Crippen molar-refractivity contribution in [2.24, 2.45) is 0 Å². The van der Waals surface area contributed by atoms with E-state index >= 15 is 0 Å². The molecule has 31 heavy (non-hydrogen) atoms. The first-order valence-corrected chi connectivity index (χ1v) is 9.85. The molecular formula is C22H14F2N2O4S. The summed E-state index contributed by atoms with van der Waals surface area (Å²) in [6.07, 6.45) is 1.63. The highest BCUT2D eigenvalue weighted by molar-refractivity contribution is 8.18. The smallest absolute Gasteiger partial charge is 0.290 e. The van der Waals surface area contributed by atoms with Crippen LogP contribution in [0.15, 0.2) is 59.5 Å². The molecule has 1 saturated heterocycles. The summed E-state index contributed by atoms with van der Waals surface area (Å²) < 4.78 is 32.0. The SMILES string of the molecule is O=C(COc1ccc2cc(/C=C3/SC(=O)NC3=O)ccc2c1)Nc1ccc(F)cc1F. The third-order valence-corrected chi connectivity index (χ3v) is 5.16. The highest BCUT2D eigenvalue weighted by Gasteiger charge is 2.24. The molecule has 9 heteroatoms. The minimum atomic E-state index is -0.873. The fourth-order valence-electron chi connectivity index (χ4n) is 2.92. The van der Waals surface area contributed by atoms with Crippen molar-refractivity contribution >= 4 is 51.4 Å². The van der Waals surface area contributed by atoms with Gasteiger partial charge in [-0.15, -0.1) is 0 Å². The van der Waals surface area contributed by atoms with Crippen LogP contribution in [-0.2, 0) is 9.59 Å². The monoisotopic (exact) mass is 440 g/mol. The molecule has 156 valence electrons. The fourth-order valence-corrected chi connectivity index (χ4v) is 3.60. The normalized spacial score (nSPS) is 14.7. The number of fused-ring (bicyclic) bond motifs is 1. The number of rotatable bonds is 5. The maximum atomic E-state index is 13.6. The van der Waals surface area contributed by atoms with Crippen molar-refractivity contribution in [3.8, 4) is 5.75 Å². The molecule has 0 radical (unpaired) electrons. The van der Waals surface area contributed by atoms with Gasteiger partial charge in [-0.25, -0.2) is 8.78 Å². The number of anilines is 1. The quantitative estimate of drug-likeness (QED) is 0.573. The molecule has 3 amide bonds. The number of hydrogen-bond donors (Lipinski definition) is 2. The zero-order valence-electron chi connectivity index (χ0n) is 15.8. The van der Waals surface area contributed by atoms with Crippen molar-refractivity contribution in [1.82, 2.24) is 5.32 Å². The van der Waals surface area contributed by atoms with Crippen molar-refractivity contribution in [2.45, 2.75) is 0 Å². The Hall–Kier alpha value is -3.72. The molecule has 0 aromatic heterocycles. The molecule has 1 aliphatic heterocycles. The predicted molar refractivity (Wildman–Crippen MR) is 114 cm³/mol. The van der Waals surface area contributed by atoms with Gasteiger partial charge in [0.25, 0.3) is 17.1 Å². The van der Waals surface area contributed by atoms with Crippen LogP contribution < -0.4 is 15.4 Å². The highest BCUT2D eigenvalue weighted by atomic mass is 32.2. The number of hydrogen-bond acceptors (Lipinski definition) is 5. The zero-order valence-corrected chi connectivity index (χ0v) is 16.6. The van der Waals surface area contributed by atoms with Gasteiger partial charge in [0.1, 0.15) is 17.4 Å². The topological polar surface area (TPSA) is 84.5 Å². The molecule has 1 heterocycles. The van der Waals surface area contributed by atoms with Gasteiger partial charge in [-0.2, -0.15) is 0 Å². The van der Waals surface area contributed by atoms with E-state index in [2.05, 4.69) is 10.6 Å². The first kappa shape index (κ1) is 20.5. The van der Waals surface area contributed by atoms with Crippen molar-refractivity contribution in [1.29, 1.82) is 0 Å². The van der Waals surface area contributed by atoms with Crippen LogP contribution in [0.2, 0.25) is 0 Å². The van der Waals surface area contributed by atoms with Gasteiger partial charge >= 0.3 is 0 Å². The Labute approximate surface area is 179 Å². The Morgan fingerprint density at radius 2 is 1.81 bits per heavy atom. The maximum Gasteiger partial charge on any atom is 0.290 e. The Kier molecular flexibility index (Phi) is 5.68. The van der Waals surface area contributed by atoms with Crippen LogP contribution in [0.5, 0.6) is 5.75 Å². The third kappa shape index (κ3) is 4.89. The summed E-state index contributed by atoms with van der Waals surface area (Å²) in [6, 6.07) is 13.5. The maximum absolute atomic E-state index is 13.6. The van der Waals surface area contributed by atoms with Crippen LogP contribution in [-0.4, -0.2) is 23.7 Å². The van der Waals surface area contributed by atoms with Gasteiger partial charge < -0.3 is 10.1 Å². The van der Waals surface area contributed by atoms with E-state index < -0.39 is 28.7 Å². The fraction of sp³-hybridized carbons (Fsp3) is 0.0455. The molecule has 6 nitrogen and oxygen atoms in total. The van der Waals surface area contributed by atoms with Gasteiger partial charge in [-0.1, -0.05) is 18.2 Å². The van der Waals surface area contributed by atoms with Crippen molar-refractivity contribution in [3.63, 3.8) is 0 Å². The van der Waals surface area contributed by atoms with Crippen LogP contribution in [0.4, 0.5) is 19.3 Å². The standard InChI is InChI=1S/C22H14F2N2O4S/c23-15-4-6-18(17(24)10-15)25-20(27)11-30-16-5-3-13-7-12(1-2-14(13)9-16)8-19-21(28)26-22(29)31-19/h1-10H,11H2,(H,25,27)(H,26,28,29)/b19-8+. The molecule has 0 atom stereocenters. The van der Waals surface area contributed by atoms with Crippen LogP contribution in [0, 0.1) is 11.6 Å². The van der Waals surface area contributed by atoms with Gasteiger partial charge in [-0.3, -0.25) is 19.7 Å². The number of nitrogens with one attached hydrogen (secondary N) is 2. The predicted octanol–water partition coefficient (Wildman–Crippen LogP) is 4.46. The summed E-state index contributed by atoms with van der Waals surface area (Å²) >= 11 is 0.849. The van der Waals surface area contributed by atoms with E-state index in [1.54, 1.807) is 30.3 Å². The number of imide groups is 1. The molecule has 0 saturated carbocycles. The molecule has 0 bridgehead atoms. The van der Waals surface area contributed by atoms with Crippen molar-refractivity contribution < 1.29 is 27.9 Å². The van der Waals surface area contributed by atoms with Gasteiger partial charge in [0.05, 0.1) is 10.6 Å². The second-order valence-electron chi connectivity index (χ2n) is 6.58. The first-order chi connectivity index (χ1) is 14.9. The number of benzene rings is 3. The van der Waals surface area contributed by atoms with Gasteiger partial charge in [0, 0.05) is 6.07 Å². The van der Waals surface area contributed by atoms with Crippen LogP contribution in [0.3, 0.4) is 0 Å². The summed E-state index contributed by atoms with van der Waals surface area (Å²) in [5.74, 6) is -2.18. The second kappa shape index (κ2) is 8.57. The lowest BCUT2D eigenvalue weighted by atomic mass is 10.1. The molecule has 0 unspecified atom stereocenters. The van der Waals surface area contributed by atoms with E-state index in [1.807, 2.05) is 12.1 Å². The number of carbonyl (C=O) groups excluding carboxylic acids is 3. The number of thioether (sulfide) groups is 1.